The molecule has 0 saturated carbocycles. The fourth-order valence-corrected chi connectivity index (χ4v) is 4.18. The van der Waals surface area contributed by atoms with Crippen LogP contribution in [0.4, 0.5) is 5.69 Å². The van der Waals surface area contributed by atoms with Crippen LogP contribution in [0.5, 0.6) is 0 Å². The fourth-order valence-electron chi connectivity index (χ4n) is 3.18. The van der Waals surface area contributed by atoms with Gasteiger partial charge in [0.25, 0.3) is 0 Å². The molecule has 0 bridgehead atoms. The van der Waals surface area contributed by atoms with E-state index >= 15 is 0 Å². The van der Waals surface area contributed by atoms with Gasteiger partial charge in [0.2, 0.25) is 0 Å². The maximum atomic E-state index is 12.1. The van der Waals surface area contributed by atoms with Crippen molar-refractivity contribution in [1.82, 2.24) is 9.55 Å². The number of hydrogen-bond acceptors (Lipinski definition) is 4. The van der Waals surface area contributed by atoms with E-state index < -0.39 is 5.97 Å². The van der Waals surface area contributed by atoms with Gasteiger partial charge < -0.3 is 14.4 Å². The smallest absolute Gasteiger partial charge is 0.356 e. The van der Waals surface area contributed by atoms with Crippen LogP contribution in [0, 0.1) is 6.92 Å². The summed E-state index contributed by atoms with van der Waals surface area (Å²) < 4.78 is 7.43. The van der Waals surface area contributed by atoms with Crippen LogP contribution in [0.2, 0.25) is 10.0 Å². The van der Waals surface area contributed by atoms with Crippen LogP contribution in [0.25, 0.3) is 0 Å². The maximum absolute atomic E-state index is 12.1. The summed E-state index contributed by atoms with van der Waals surface area (Å²) in [7, 11) is 1.59. The van der Waals surface area contributed by atoms with E-state index in [4.69, 9.17) is 32.9 Å². The van der Waals surface area contributed by atoms with Gasteiger partial charge in [-0.25, -0.2) is 14.8 Å². The third-order valence-corrected chi connectivity index (χ3v) is 5.71. The molecule has 31 heavy (non-hydrogen) atoms. The van der Waals surface area contributed by atoms with Crippen molar-refractivity contribution >= 4 is 56.5 Å². The van der Waals surface area contributed by atoms with Gasteiger partial charge >= 0.3 is 5.97 Å². The fraction of sp³-hybridized carbons (Fsp3) is 0.227. The number of hydrogen-bond donors (Lipinski definition) is 1. The summed E-state index contributed by atoms with van der Waals surface area (Å²) in [6, 6.07) is 12.2. The summed E-state index contributed by atoms with van der Waals surface area (Å²) in [5.41, 5.74) is 2.86. The standard InChI is InChI=1S/C22H20BrCl2N3O3/c1-12-4-7-16(25)10-17(12)26-18(14-5-8-15(24)9-6-14)20-19(21(29)30)27-22(23)28(20)13(2)11-31-3/h4-10,13H,11H2,1-3H3,(H,29,30)/b26-18+/t13-/m0/s1. The maximum Gasteiger partial charge on any atom is 0.356 e. The average Bonchev–Trinajstić information content (AvgIpc) is 3.07. The number of methoxy groups -OCH3 is 1. The molecule has 1 atom stereocenters. The normalized spacial score (nSPS) is 12.8. The molecule has 0 radical (unpaired) electrons. The molecule has 9 heteroatoms. The van der Waals surface area contributed by atoms with Crippen LogP contribution in [0.1, 0.15) is 40.3 Å². The Labute approximate surface area is 198 Å². The van der Waals surface area contributed by atoms with E-state index in [0.717, 1.165) is 5.56 Å². The van der Waals surface area contributed by atoms with Crippen molar-refractivity contribution in [2.75, 3.05) is 13.7 Å². The number of halogens is 3. The lowest BCUT2D eigenvalue weighted by Gasteiger charge is -2.19. The van der Waals surface area contributed by atoms with E-state index in [1.165, 1.54) is 0 Å². The Morgan fingerprint density at radius 2 is 1.87 bits per heavy atom. The lowest BCUT2D eigenvalue weighted by Crippen LogP contribution is -2.20. The summed E-state index contributed by atoms with van der Waals surface area (Å²) in [6.07, 6.45) is 0. The first kappa shape index (κ1) is 23.5. The SMILES string of the molecule is COC[C@H](C)n1c(Br)nc(C(=O)O)c1/C(=N/c1cc(Cl)ccc1C)c1ccc(Cl)cc1. The molecule has 162 valence electrons. The van der Waals surface area contributed by atoms with Gasteiger partial charge in [0.15, 0.2) is 10.4 Å². The third kappa shape index (κ3) is 5.18. The van der Waals surface area contributed by atoms with E-state index in [0.29, 0.717) is 44.0 Å². The number of rotatable bonds is 7. The molecular formula is C22H20BrCl2N3O3. The second-order valence-corrected chi connectivity index (χ2v) is 8.54. The van der Waals surface area contributed by atoms with Crippen molar-refractivity contribution < 1.29 is 14.6 Å². The number of aliphatic imine (C=N–C) groups is 1. The highest BCUT2D eigenvalue weighted by Gasteiger charge is 2.28. The second kappa shape index (κ2) is 9.96. The zero-order valence-corrected chi connectivity index (χ0v) is 20.2. The van der Waals surface area contributed by atoms with Crippen molar-refractivity contribution in [2.24, 2.45) is 4.99 Å². The molecule has 1 N–H and O–H groups in total. The molecule has 0 unspecified atom stereocenters. The first-order valence-corrected chi connectivity index (χ1v) is 10.9. The van der Waals surface area contributed by atoms with Gasteiger partial charge in [-0.1, -0.05) is 41.4 Å². The lowest BCUT2D eigenvalue weighted by molar-refractivity contribution is 0.0690. The minimum atomic E-state index is -1.16. The highest BCUT2D eigenvalue weighted by molar-refractivity contribution is 9.10. The van der Waals surface area contributed by atoms with Gasteiger partial charge in [-0.05, 0) is 59.6 Å². The largest absolute Gasteiger partial charge is 0.476 e. The van der Waals surface area contributed by atoms with E-state index in [1.807, 2.05) is 19.9 Å². The zero-order chi connectivity index (χ0) is 22.7. The average molecular weight is 525 g/mol. The zero-order valence-electron chi connectivity index (χ0n) is 17.1. The Bertz CT molecular complexity index is 1140. The number of imidazole rings is 1. The van der Waals surface area contributed by atoms with E-state index in [1.54, 1.807) is 48.1 Å². The van der Waals surface area contributed by atoms with E-state index in [-0.39, 0.29) is 11.7 Å². The molecule has 0 spiro atoms. The summed E-state index contributed by atoms with van der Waals surface area (Å²) in [6.45, 7) is 4.17. The number of carbonyl (C=O) groups is 1. The lowest BCUT2D eigenvalue weighted by atomic mass is 10.0. The number of aromatic carboxylic acids is 1. The third-order valence-electron chi connectivity index (χ3n) is 4.66. The molecule has 3 rings (SSSR count). The van der Waals surface area contributed by atoms with Gasteiger partial charge in [-0.15, -0.1) is 0 Å². The Balaban J connectivity index is 2.37. The van der Waals surface area contributed by atoms with Crippen LogP contribution in [-0.4, -0.2) is 40.1 Å². The Morgan fingerprint density at radius 3 is 2.48 bits per heavy atom. The molecule has 0 aliphatic heterocycles. The molecule has 0 amide bonds. The van der Waals surface area contributed by atoms with Crippen LogP contribution in [-0.2, 0) is 4.74 Å². The number of carboxylic acid groups (broad SMARTS) is 1. The molecule has 3 aromatic rings. The topological polar surface area (TPSA) is 76.7 Å². The van der Waals surface area contributed by atoms with Crippen molar-refractivity contribution in [2.45, 2.75) is 19.9 Å². The minimum Gasteiger partial charge on any atom is -0.476 e. The van der Waals surface area contributed by atoms with Gasteiger partial charge in [0, 0.05) is 22.7 Å². The Kier molecular flexibility index (Phi) is 7.54. The highest BCUT2D eigenvalue weighted by Crippen LogP contribution is 2.30. The van der Waals surface area contributed by atoms with E-state index in [9.17, 15) is 9.90 Å². The molecule has 0 aliphatic rings. The van der Waals surface area contributed by atoms with E-state index in [2.05, 4.69) is 20.9 Å². The van der Waals surface area contributed by atoms with Crippen LogP contribution >= 0.6 is 39.1 Å². The highest BCUT2D eigenvalue weighted by atomic mass is 79.9. The van der Waals surface area contributed by atoms with Gasteiger partial charge in [0.1, 0.15) is 5.69 Å². The van der Waals surface area contributed by atoms with Gasteiger partial charge in [0.05, 0.1) is 24.0 Å². The second-order valence-electron chi connectivity index (χ2n) is 6.96. The Morgan fingerprint density at radius 1 is 1.23 bits per heavy atom. The van der Waals surface area contributed by atoms with Gasteiger partial charge in [-0.2, -0.15) is 0 Å². The molecular weight excluding hydrogens is 505 g/mol. The van der Waals surface area contributed by atoms with Crippen molar-refractivity contribution in [3.8, 4) is 0 Å². The number of benzene rings is 2. The molecule has 0 fully saturated rings. The first-order chi connectivity index (χ1) is 14.7. The van der Waals surface area contributed by atoms with Crippen molar-refractivity contribution in [3.05, 3.63) is 79.8 Å². The summed E-state index contributed by atoms with van der Waals surface area (Å²) in [4.78, 5) is 21.2. The van der Waals surface area contributed by atoms with Crippen molar-refractivity contribution in [3.63, 3.8) is 0 Å². The number of ether oxygens (including phenoxy) is 1. The molecule has 0 aliphatic carbocycles. The number of aryl methyl sites for hydroxylation is 1. The molecule has 2 aromatic carbocycles. The molecule has 6 nitrogen and oxygen atoms in total. The number of carboxylic acids is 1. The summed E-state index contributed by atoms with van der Waals surface area (Å²) in [5.74, 6) is -1.16. The molecule has 0 saturated heterocycles. The predicted octanol–water partition coefficient (Wildman–Crippen LogP) is 6.34. The Hall–Kier alpha value is -2.19. The quantitative estimate of drug-likeness (QED) is 0.366. The summed E-state index contributed by atoms with van der Waals surface area (Å²) in [5, 5.41) is 11.0. The van der Waals surface area contributed by atoms with Gasteiger partial charge in [-0.3, -0.25) is 0 Å². The predicted molar refractivity (Wildman–Crippen MR) is 126 cm³/mol. The van der Waals surface area contributed by atoms with Crippen LogP contribution < -0.4 is 0 Å². The number of nitrogens with zero attached hydrogens (tertiary/aromatic N) is 3. The minimum absolute atomic E-state index is 0.122. The van der Waals surface area contributed by atoms with Crippen molar-refractivity contribution in [1.29, 1.82) is 0 Å². The monoisotopic (exact) mass is 523 g/mol. The number of aromatic nitrogens is 2. The summed E-state index contributed by atoms with van der Waals surface area (Å²) >= 11 is 15.7. The first-order valence-electron chi connectivity index (χ1n) is 9.34. The van der Waals surface area contributed by atoms with Crippen LogP contribution in [0.3, 0.4) is 0 Å². The van der Waals surface area contributed by atoms with Crippen LogP contribution in [0.15, 0.2) is 52.2 Å². The molecule has 1 heterocycles. The molecule has 1 aromatic heterocycles.